The Bertz CT molecular complexity index is 535. The van der Waals surface area contributed by atoms with Gasteiger partial charge in [-0.1, -0.05) is 23.7 Å². The third-order valence-corrected chi connectivity index (χ3v) is 4.67. The average Bonchev–Trinajstić information content (AvgIpc) is 2.89. The monoisotopic (exact) mass is 323 g/mol. The standard InChI is InChI=1S/C16H22ClN3O2/c1-10(18)16(21)19-13-6-14-9-22-15(8-20(14)7-13)11-2-4-12(17)5-3-11/h2-5,10,13-15H,6-9,18H2,1H3,(H,19,21)/t10-,13-,14+,15-/m1/s1. The van der Waals surface area contributed by atoms with Crippen molar-refractivity contribution in [2.45, 2.75) is 37.6 Å². The number of benzene rings is 1. The Kier molecular flexibility index (Phi) is 4.68. The molecule has 120 valence electrons. The predicted molar refractivity (Wildman–Crippen MR) is 85.7 cm³/mol. The van der Waals surface area contributed by atoms with E-state index in [0.717, 1.165) is 30.1 Å². The molecule has 6 heteroatoms. The lowest BCUT2D eigenvalue weighted by Gasteiger charge is -2.35. The lowest BCUT2D eigenvalue weighted by molar-refractivity contribution is -0.122. The normalized spacial score (nSPS) is 29.9. The summed E-state index contributed by atoms with van der Waals surface area (Å²) in [6.07, 6.45) is 0.989. The molecule has 3 N–H and O–H groups in total. The summed E-state index contributed by atoms with van der Waals surface area (Å²) in [5, 5.41) is 3.75. The fourth-order valence-corrected chi connectivity index (χ4v) is 3.32. The van der Waals surface area contributed by atoms with Crippen molar-refractivity contribution in [3.05, 3.63) is 34.9 Å². The molecule has 2 fully saturated rings. The number of halogens is 1. The van der Waals surface area contributed by atoms with Crippen LogP contribution in [0.4, 0.5) is 0 Å². The Labute approximate surface area is 135 Å². The van der Waals surface area contributed by atoms with Gasteiger partial charge in [0.15, 0.2) is 0 Å². The van der Waals surface area contributed by atoms with E-state index in [1.54, 1.807) is 6.92 Å². The number of rotatable bonds is 3. The maximum absolute atomic E-state index is 11.7. The Morgan fingerprint density at radius 3 is 2.82 bits per heavy atom. The molecule has 2 aliphatic heterocycles. The summed E-state index contributed by atoms with van der Waals surface area (Å²) in [5.74, 6) is -0.0833. The predicted octanol–water partition coefficient (Wildman–Crippen LogP) is 1.32. The summed E-state index contributed by atoms with van der Waals surface area (Å²) >= 11 is 5.93. The van der Waals surface area contributed by atoms with Crippen molar-refractivity contribution < 1.29 is 9.53 Å². The Balaban J connectivity index is 1.59. The van der Waals surface area contributed by atoms with Crippen molar-refractivity contribution in [1.29, 1.82) is 0 Å². The molecule has 5 nitrogen and oxygen atoms in total. The number of amides is 1. The van der Waals surface area contributed by atoms with Crippen LogP contribution in [0.25, 0.3) is 0 Å². The van der Waals surface area contributed by atoms with Gasteiger partial charge in [0.2, 0.25) is 5.91 Å². The minimum absolute atomic E-state index is 0.0661. The van der Waals surface area contributed by atoms with Gasteiger partial charge in [0.05, 0.1) is 18.8 Å². The highest BCUT2D eigenvalue weighted by Crippen LogP contribution is 2.30. The van der Waals surface area contributed by atoms with Gasteiger partial charge in [-0.3, -0.25) is 9.69 Å². The molecule has 0 aliphatic carbocycles. The molecule has 2 aliphatic rings. The van der Waals surface area contributed by atoms with Gasteiger partial charge in [-0.2, -0.15) is 0 Å². The molecule has 1 amide bonds. The first-order chi connectivity index (χ1) is 10.5. The second kappa shape index (κ2) is 6.54. The molecule has 0 radical (unpaired) electrons. The number of fused-ring (bicyclic) bond motifs is 1. The molecule has 4 atom stereocenters. The van der Waals surface area contributed by atoms with Gasteiger partial charge < -0.3 is 15.8 Å². The molecule has 0 unspecified atom stereocenters. The summed E-state index contributed by atoms with van der Waals surface area (Å²) in [6, 6.07) is 7.88. The van der Waals surface area contributed by atoms with Gasteiger partial charge in [-0.25, -0.2) is 0 Å². The maximum Gasteiger partial charge on any atom is 0.236 e. The van der Waals surface area contributed by atoms with E-state index >= 15 is 0 Å². The van der Waals surface area contributed by atoms with Gasteiger partial charge in [0, 0.05) is 30.2 Å². The number of nitrogens with one attached hydrogen (secondary N) is 1. The molecule has 1 aromatic carbocycles. The maximum atomic E-state index is 11.7. The van der Waals surface area contributed by atoms with Crippen LogP contribution in [0.5, 0.6) is 0 Å². The zero-order valence-electron chi connectivity index (χ0n) is 12.7. The van der Waals surface area contributed by atoms with Crippen molar-refractivity contribution in [3.8, 4) is 0 Å². The summed E-state index contributed by atoms with van der Waals surface area (Å²) in [4.78, 5) is 14.1. The van der Waals surface area contributed by atoms with E-state index in [4.69, 9.17) is 22.1 Å². The fraction of sp³-hybridized carbons (Fsp3) is 0.562. The van der Waals surface area contributed by atoms with Gasteiger partial charge in [0.25, 0.3) is 0 Å². The first-order valence-corrected chi connectivity index (χ1v) is 8.08. The second-order valence-corrected chi connectivity index (χ2v) is 6.65. The largest absolute Gasteiger partial charge is 0.371 e. The van der Waals surface area contributed by atoms with Crippen LogP contribution >= 0.6 is 11.6 Å². The number of hydrogen-bond acceptors (Lipinski definition) is 4. The number of nitrogens with two attached hydrogens (primary N) is 1. The zero-order valence-corrected chi connectivity index (χ0v) is 13.4. The highest BCUT2D eigenvalue weighted by Gasteiger charge is 2.38. The van der Waals surface area contributed by atoms with Crippen molar-refractivity contribution in [3.63, 3.8) is 0 Å². The first kappa shape index (κ1) is 15.7. The highest BCUT2D eigenvalue weighted by atomic mass is 35.5. The van der Waals surface area contributed by atoms with Gasteiger partial charge in [-0.05, 0) is 31.0 Å². The minimum Gasteiger partial charge on any atom is -0.371 e. The average molecular weight is 324 g/mol. The van der Waals surface area contributed by atoms with Crippen LogP contribution in [0.1, 0.15) is 25.0 Å². The molecule has 0 aromatic heterocycles. The third-order valence-electron chi connectivity index (χ3n) is 4.42. The van der Waals surface area contributed by atoms with Crippen molar-refractivity contribution in [1.82, 2.24) is 10.2 Å². The molecule has 0 bridgehead atoms. The highest BCUT2D eigenvalue weighted by molar-refractivity contribution is 6.30. The van der Waals surface area contributed by atoms with Crippen molar-refractivity contribution in [2.24, 2.45) is 5.73 Å². The molecule has 2 saturated heterocycles. The molecule has 0 saturated carbocycles. The summed E-state index contributed by atoms with van der Waals surface area (Å²) in [5.41, 5.74) is 6.75. The topological polar surface area (TPSA) is 67.6 Å². The van der Waals surface area contributed by atoms with Crippen LogP contribution in [-0.4, -0.2) is 48.6 Å². The van der Waals surface area contributed by atoms with E-state index in [1.807, 2.05) is 24.3 Å². The number of carbonyl (C=O) groups is 1. The second-order valence-electron chi connectivity index (χ2n) is 6.21. The van der Waals surface area contributed by atoms with Crippen molar-refractivity contribution in [2.75, 3.05) is 19.7 Å². The van der Waals surface area contributed by atoms with Crippen LogP contribution in [0.2, 0.25) is 5.02 Å². The summed E-state index contributed by atoms with van der Waals surface area (Å²) < 4.78 is 6.00. The van der Waals surface area contributed by atoms with Gasteiger partial charge in [-0.15, -0.1) is 0 Å². The van der Waals surface area contributed by atoms with Crippen LogP contribution in [0.3, 0.4) is 0 Å². The van der Waals surface area contributed by atoms with Crippen LogP contribution in [0, 0.1) is 0 Å². The fourth-order valence-electron chi connectivity index (χ4n) is 3.19. The smallest absolute Gasteiger partial charge is 0.236 e. The van der Waals surface area contributed by atoms with E-state index in [1.165, 1.54) is 0 Å². The van der Waals surface area contributed by atoms with Crippen LogP contribution in [0.15, 0.2) is 24.3 Å². The Hall–Kier alpha value is -1.14. The molecular weight excluding hydrogens is 302 g/mol. The molecule has 3 rings (SSSR count). The molecule has 22 heavy (non-hydrogen) atoms. The van der Waals surface area contributed by atoms with E-state index in [0.29, 0.717) is 12.6 Å². The summed E-state index contributed by atoms with van der Waals surface area (Å²) in [6.45, 7) is 4.10. The number of ether oxygens (including phenoxy) is 1. The van der Waals surface area contributed by atoms with Crippen LogP contribution < -0.4 is 11.1 Å². The minimum atomic E-state index is -0.462. The molecule has 2 heterocycles. The number of morpholine rings is 1. The molecular formula is C16H22ClN3O2. The Morgan fingerprint density at radius 1 is 1.41 bits per heavy atom. The lowest BCUT2D eigenvalue weighted by Crippen LogP contribution is -2.45. The van der Waals surface area contributed by atoms with Crippen molar-refractivity contribution >= 4 is 17.5 Å². The first-order valence-electron chi connectivity index (χ1n) is 7.70. The number of nitrogens with zero attached hydrogens (tertiary/aromatic N) is 1. The van der Waals surface area contributed by atoms with E-state index in [9.17, 15) is 4.79 Å². The van der Waals surface area contributed by atoms with E-state index in [-0.39, 0.29) is 18.1 Å². The van der Waals surface area contributed by atoms with Gasteiger partial charge in [0.1, 0.15) is 0 Å². The van der Waals surface area contributed by atoms with E-state index in [2.05, 4.69) is 10.2 Å². The van der Waals surface area contributed by atoms with Crippen LogP contribution in [-0.2, 0) is 9.53 Å². The summed E-state index contributed by atoms with van der Waals surface area (Å²) in [7, 11) is 0. The van der Waals surface area contributed by atoms with Gasteiger partial charge >= 0.3 is 0 Å². The molecule has 0 spiro atoms. The number of carbonyl (C=O) groups excluding carboxylic acids is 1. The SMILES string of the molecule is C[C@@H](N)C(=O)N[C@@H]1C[C@H]2CO[C@@H](c3ccc(Cl)cc3)CN2C1. The van der Waals surface area contributed by atoms with E-state index < -0.39 is 6.04 Å². The third kappa shape index (κ3) is 3.43. The lowest BCUT2D eigenvalue weighted by atomic mass is 10.1. The zero-order chi connectivity index (χ0) is 15.7. The number of hydrogen-bond donors (Lipinski definition) is 2. The Morgan fingerprint density at radius 2 is 2.14 bits per heavy atom. The quantitative estimate of drug-likeness (QED) is 0.880. The molecule has 1 aromatic rings.